The molecule has 11 nitrogen and oxygen atoms in total. The Morgan fingerprint density at radius 3 is 2.43 bits per heavy atom. The Kier molecular flexibility index (Phi) is 10.6. The van der Waals surface area contributed by atoms with Crippen LogP contribution in [0, 0.1) is 0 Å². The average molecular weight is 644 g/mol. The van der Waals surface area contributed by atoms with Crippen molar-refractivity contribution in [2.75, 3.05) is 31.7 Å². The summed E-state index contributed by atoms with van der Waals surface area (Å²) in [7, 11) is 1.73. The van der Waals surface area contributed by atoms with E-state index in [0.717, 1.165) is 53.1 Å². The summed E-state index contributed by atoms with van der Waals surface area (Å²) in [6.07, 6.45) is 0.944. The molecule has 5 unspecified atom stereocenters. The number of alkyl carbamates (subject to hydrolysis) is 1. The predicted octanol–water partition coefficient (Wildman–Crippen LogP) is 4.39. The van der Waals surface area contributed by atoms with Crippen molar-refractivity contribution in [3.63, 3.8) is 0 Å². The van der Waals surface area contributed by atoms with Crippen LogP contribution >= 0.6 is 0 Å². The number of aliphatic hydroxyl groups is 1. The van der Waals surface area contributed by atoms with E-state index in [2.05, 4.69) is 10.2 Å². The fourth-order valence-corrected chi connectivity index (χ4v) is 6.51. The first-order valence-electron chi connectivity index (χ1n) is 16.1. The molecule has 248 valence electrons. The van der Waals surface area contributed by atoms with E-state index in [4.69, 9.17) is 18.9 Å². The van der Waals surface area contributed by atoms with Gasteiger partial charge in [-0.3, -0.25) is 14.5 Å². The SMILES string of the molecule is COCC1CCCN1CC1CC(c2ccc(CO)cc2)OC(c2ccc(N3C(=O)CC(NC(=O)OCc4ccccc4)C3=O)cc2)O1. The number of likely N-dealkylation sites (tertiary alicyclic amines) is 1. The van der Waals surface area contributed by atoms with Gasteiger partial charge in [0.2, 0.25) is 5.91 Å². The normalized spacial score (nSPS) is 24.9. The van der Waals surface area contributed by atoms with Gasteiger partial charge in [-0.05, 0) is 48.2 Å². The first kappa shape index (κ1) is 32.8. The van der Waals surface area contributed by atoms with E-state index in [1.807, 2.05) is 54.6 Å². The molecule has 2 N–H and O–H groups in total. The summed E-state index contributed by atoms with van der Waals surface area (Å²) in [5.41, 5.74) is 3.79. The summed E-state index contributed by atoms with van der Waals surface area (Å²) in [5.74, 6) is -0.934. The van der Waals surface area contributed by atoms with E-state index in [1.165, 1.54) is 0 Å². The number of ether oxygens (including phenoxy) is 4. The number of anilines is 1. The molecule has 6 rings (SSSR count). The second kappa shape index (κ2) is 15.2. The number of rotatable bonds is 11. The van der Waals surface area contributed by atoms with Crippen molar-refractivity contribution in [1.82, 2.24) is 10.2 Å². The first-order chi connectivity index (χ1) is 22.9. The van der Waals surface area contributed by atoms with Gasteiger partial charge in [0.25, 0.3) is 5.91 Å². The summed E-state index contributed by atoms with van der Waals surface area (Å²) in [5, 5.41) is 12.0. The van der Waals surface area contributed by atoms with E-state index in [9.17, 15) is 19.5 Å². The number of hydrogen-bond acceptors (Lipinski definition) is 9. The summed E-state index contributed by atoms with van der Waals surface area (Å²) >= 11 is 0. The largest absolute Gasteiger partial charge is 0.445 e. The number of carbonyl (C=O) groups is 3. The number of nitrogens with one attached hydrogen (secondary N) is 1. The van der Waals surface area contributed by atoms with Gasteiger partial charge in [0.15, 0.2) is 6.29 Å². The van der Waals surface area contributed by atoms with Crippen molar-refractivity contribution in [2.24, 2.45) is 0 Å². The van der Waals surface area contributed by atoms with E-state index < -0.39 is 30.2 Å². The van der Waals surface area contributed by atoms with Gasteiger partial charge in [0.05, 0.1) is 37.5 Å². The molecular weight excluding hydrogens is 602 g/mol. The number of carbonyl (C=O) groups excluding carboxylic acids is 3. The zero-order valence-corrected chi connectivity index (χ0v) is 26.5. The van der Waals surface area contributed by atoms with Crippen LogP contribution in [-0.2, 0) is 41.8 Å². The van der Waals surface area contributed by atoms with Crippen molar-refractivity contribution >= 4 is 23.6 Å². The summed E-state index contributed by atoms with van der Waals surface area (Å²) < 4.78 is 23.7. The molecule has 3 aliphatic rings. The highest BCUT2D eigenvalue weighted by atomic mass is 16.7. The number of amides is 3. The highest BCUT2D eigenvalue weighted by Crippen LogP contribution is 2.39. The van der Waals surface area contributed by atoms with E-state index >= 15 is 0 Å². The van der Waals surface area contributed by atoms with Gasteiger partial charge < -0.3 is 29.4 Å². The molecule has 0 radical (unpaired) electrons. The molecule has 5 atom stereocenters. The van der Waals surface area contributed by atoms with Crippen LogP contribution in [0.25, 0.3) is 0 Å². The molecule has 3 amide bonds. The number of hydrogen-bond donors (Lipinski definition) is 2. The van der Waals surface area contributed by atoms with Crippen LogP contribution in [0.5, 0.6) is 0 Å². The molecule has 0 bridgehead atoms. The Labute approximate surface area is 274 Å². The van der Waals surface area contributed by atoms with E-state index in [0.29, 0.717) is 24.8 Å². The van der Waals surface area contributed by atoms with Crippen LogP contribution < -0.4 is 10.2 Å². The predicted molar refractivity (Wildman–Crippen MR) is 172 cm³/mol. The van der Waals surface area contributed by atoms with Crippen LogP contribution in [0.2, 0.25) is 0 Å². The van der Waals surface area contributed by atoms with Crippen LogP contribution in [0.15, 0.2) is 78.9 Å². The molecule has 11 heteroatoms. The number of methoxy groups -OCH3 is 1. The monoisotopic (exact) mass is 643 g/mol. The maximum absolute atomic E-state index is 13.2. The molecule has 0 aliphatic carbocycles. The molecular formula is C36H41N3O8. The number of imide groups is 1. The van der Waals surface area contributed by atoms with Crippen molar-refractivity contribution in [1.29, 1.82) is 0 Å². The van der Waals surface area contributed by atoms with Crippen LogP contribution in [0.4, 0.5) is 10.5 Å². The second-order valence-electron chi connectivity index (χ2n) is 12.2. The topological polar surface area (TPSA) is 127 Å². The van der Waals surface area contributed by atoms with E-state index in [1.54, 1.807) is 31.4 Å². The van der Waals surface area contributed by atoms with E-state index in [-0.39, 0.29) is 31.8 Å². The third-order valence-corrected chi connectivity index (χ3v) is 8.99. The Balaban J connectivity index is 1.13. The minimum absolute atomic E-state index is 0.0282. The molecule has 47 heavy (non-hydrogen) atoms. The second-order valence-corrected chi connectivity index (χ2v) is 12.2. The highest BCUT2D eigenvalue weighted by molar-refractivity contribution is 6.22. The maximum Gasteiger partial charge on any atom is 0.408 e. The van der Waals surface area contributed by atoms with Crippen LogP contribution in [0.1, 0.15) is 60.3 Å². The molecule has 3 aliphatic heterocycles. The fraction of sp³-hybridized carbons (Fsp3) is 0.417. The average Bonchev–Trinajstić information content (AvgIpc) is 3.65. The summed E-state index contributed by atoms with van der Waals surface area (Å²) in [6.45, 7) is 2.44. The number of aliphatic hydroxyl groups excluding tert-OH is 1. The molecule has 0 spiro atoms. The lowest BCUT2D eigenvalue weighted by Gasteiger charge is -2.38. The molecule has 3 fully saturated rings. The lowest BCUT2D eigenvalue weighted by Crippen LogP contribution is -2.42. The lowest BCUT2D eigenvalue weighted by molar-refractivity contribution is -0.253. The van der Waals surface area contributed by atoms with Crippen molar-refractivity contribution in [3.8, 4) is 0 Å². The smallest absolute Gasteiger partial charge is 0.408 e. The Hall–Kier alpha value is -4.13. The van der Waals surface area contributed by atoms with Crippen molar-refractivity contribution in [2.45, 2.75) is 69.5 Å². The standard InChI is InChI=1S/C36H41N3O8/c1-44-23-29-8-5-17-38(29)20-30-18-32(26-11-9-24(21-40)10-12-26)47-35(46-30)27-13-15-28(16-14-27)39-33(41)19-31(34(39)42)37-36(43)45-22-25-6-3-2-4-7-25/h2-4,6-7,9-16,29-32,35,40H,5,8,17-23H2,1H3,(H,37,43). The Morgan fingerprint density at radius 1 is 0.957 bits per heavy atom. The Bertz CT molecular complexity index is 1520. The van der Waals surface area contributed by atoms with Gasteiger partial charge >= 0.3 is 6.09 Å². The van der Waals surface area contributed by atoms with Gasteiger partial charge in [0.1, 0.15) is 12.6 Å². The van der Waals surface area contributed by atoms with Gasteiger partial charge in [-0.25, -0.2) is 9.69 Å². The quantitative estimate of drug-likeness (QED) is 0.293. The molecule has 3 heterocycles. The van der Waals surface area contributed by atoms with Gasteiger partial charge in [-0.15, -0.1) is 0 Å². The zero-order chi connectivity index (χ0) is 32.8. The number of benzene rings is 3. The molecule has 3 aromatic rings. The lowest BCUT2D eigenvalue weighted by atomic mass is 9.99. The maximum atomic E-state index is 13.2. The van der Waals surface area contributed by atoms with Crippen LogP contribution in [-0.4, -0.2) is 72.9 Å². The van der Waals surface area contributed by atoms with Gasteiger partial charge in [0, 0.05) is 31.7 Å². The first-order valence-corrected chi connectivity index (χ1v) is 16.1. The zero-order valence-electron chi connectivity index (χ0n) is 26.5. The molecule has 3 saturated heterocycles. The van der Waals surface area contributed by atoms with Gasteiger partial charge in [-0.2, -0.15) is 0 Å². The molecule has 0 aromatic heterocycles. The molecule has 0 saturated carbocycles. The van der Waals surface area contributed by atoms with Crippen molar-refractivity contribution in [3.05, 3.63) is 101 Å². The number of nitrogens with zero attached hydrogens (tertiary/aromatic N) is 2. The third kappa shape index (κ3) is 7.89. The minimum atomic E-state index is -1.01. The summed E-state index contributed by atoms with van der Waals surface area (Å²) in [6, 6.07) is 23.3. The molecule has 3 aromatic carbocycles. The highest BCUT2D eigenvalue weighted by Gasteiger charge is 2.41. The minimum Gasteiger partial charge on any atom is -0.445 e. The van der Waals surface area contributed by atoms with Crippen molar-refractivity contribution < 1.29 is 38.4 Å². The van der Waals surface area contributed by atoms with Crippen LogP contribution in [0.3, 0.4) is 0 Å². The fourth-order valence-electron chi connectivity index (χ4n) is 6.51. The Morgan fingerprint density at radius 2 is 1.70 bits per heavy atom. The van der Waals surface area contributed by atoms with Gasteiger partial charge in [-0.1, -0.05) is 66.7 Å². The third-order valence-electron chi connectivity index (χ3n) is 8.99. The summed E-state index contributed by atoms with van der Waals surface area (Å²) in [4.78, 5) is 42.0.